The Balaban J connectivity index is 2.10. The van der Waals surface area contributed by atoms with Gasteiger partial charge in [-0.25, -0.2) is 4.79 Å². The fraction of sp³-hybridized carbons (Fsp3) is 0. The summed E-state index contributed by atoms with van der Waals surface area (Å²) in [4.78, 5) is 13.5. The monoisotopic (exact) mass is 288 g/mol. The molecule has 0 saturated heterocycles. The van der Waals surface area contributed by atoms with Crippen LogP contribution in [0.2, 0.25) is 0 Å². The maximum atomic E-state index is 11.2. The summed E-state index contributed by atoms with van der Waals surface area (Å²) in [7, 11) is 0. The lowest BCUT2D eigenvalue weighted by Crippen LogP contribution is -1.95. The summed E-state index contributed by atoms with van der Waals surface area (Å²) in [5.41, 5.74) is 0. The molecule has 2 aromatic rings. The van der Waals surface area contributed by atoms with Crippen LogP contribution in [0, 0.1) is 0 Å². The first-order valence-electron chi connectivity index (χ1n) is 5.64. The Morgan fingerprint density at radius 1 is 0.895 bits per heavy atom. The van der Waals surface area contributed by atoms with Gasteiger partial charge in [0, 0.05) is 9.79 Å². The number of hydrogen-bond donors (Lipinski definition) is 1. The molecule has 1 N–H and O–H groups in total. The van der Waals surface area contributed by atoms with Crippen molar-refractivity contribution >= 4 is 29.5 Å². The lowest BCUT2D eigenvalue weighted by atomic mass is 10.4. The van der Waals surface area contributed by atoms with Crippen LogP contribution in [-0.4, -0.2) is 11.1 Å². The van der Waals surface area contributed by atoms with Gasteiger partial charge in [0.1, 0.15) is 4.91 Å². The predicted molar refractivity (Wildman–Crippen MR) is 80.3 cm³/mol. The second kappa shape index (κ2) is 7.07. The molecule has 4 heteroatoms. The van der Waals surface area contributed by atoms with E-state index >= 15 is 0 Å². The van der Waals surface area contributed by atoms with Crippen LogP contribution in [0.15, 0.2) is 80.8 Å². The maximum Gasteiger partial charge on any atom is 0.343 e. The van der Waals surface area contributed by atoms with Gasteiger partial charge in [-0.15, -0.1) is 0 Å². The summed E-state index contributed by atoms with van der Waals surface area (Å²) in [6.45, 7) is 0. The molecule has 0 aromatic heterocycles. The first-order chi connectivity index (χ1) is 9.25. The normalized spacial score (nSPS) is 11.3. The molecule has 96 valence electrons. The number of benzene rings is 2. The van der Waals surface area contributed by atoms with E-state index in [1.54, 1.807) is 5.41 Å². The first kappa shape index (κ1) is 13.8. The molecular weight excluding hydrogens is 276 g/mol. The smallest absolute Gasteiger partial charge is 0.343 e. The molecule has 0 atom stereocenters. The Kier molecular flexibility index (Phi) is 5.12. The minimum absolute atomic E-state index is 0.319. The second-order valence-corrected chi connectivity index (χ2v) is 5.69. The van der Waals surface area contributed by atoms with Crippen molar-refractivity contribution in [1.82, 2.24) is 0 Å². The number of carboxylic acids is 1. The molecule has 0 heterocycles. The van der Waals surface area contributed by atoms with Gasteiger partial charge in [-0.05, 0) is 29.7 Å². The highest BCUT2D eigenvalue weighted by molar-refractivity contribution is 8.06. The molecule has 0 aliphatic carbocycles. The van der Waals surface area contributed by atoms with Crippen molar-refractivity contribution in [3.63, 3.8) is 0 Å². The molecule has 2 nitrogen and oxygen atoms in total. The number of carbonyl (C=O) groups is 1. The summed E-state index contributed by atoms with van der Waals surface area (Å²) in [5.74, 6) is -0.905. The third-order valence-corrected chi connectivity index (χ3v) is 4.29. The van der Waals surface area contributed by atoms with Crippen molar-refractivity contribution in [2.45, 2.75) is 9.79 Å². The summed E-state index contributed by atoms with van der Waals surface area (Å²) in [6, 6.07) is 19.2. The third-order valence-electron chi connectivity index (χ3n) is 2.23. The van der Waals surface area contributed by atoms with E-state index in [1.807, 2.05) is 60.7 Å². The fourth-order valence-corrected chi connectivity index (χ4v) is 2.98. The van der Waals surface area contributed by atoms with Crippen LogP contribution >= 0.6 is 23.5 Å². The zero-order valence-corrected chi connectivity index (χ0v) is 11.7. The first-order valence-corrected chi connectivity index (χ1v) is 7.33. The van der Waals surface area contributed by atoms with E-state index < -0.39 is 5.97 Å². The fourth-order valence-electron chi connectivity index (χ4n) is 1.35. The molecule has 0 bridgehead atoms. The quantitative estimate of drug-likeness (QED) is 0.649. The Labute approximate surface area is 120 Å². The van der Waals surface area contributed by atoms with Gasteiger partial charge in [0.2, 0.25) is 0 Å². The molecule has 0 aliphatic heterocycles. The number of hydrogen-bond acceptors (Lipinski definition) is 3. The molecule has 19 heavy (non-hydrogen) atoms. The standard InChI is InChI=1S/C15H12O2S2/c16-15(17)14(19-13-9-5-2-6-10-13)11-18-12-7-3-1-4-8-12/h1-11H,(H,16,17). The van der Waals surface area contributed by atoms with Gasteiger partial charge in [-0.3, -0.25) is 0 Å². The van der Waals surface area contributed by atoms with Crippen LogP contribution in [0.1, 0.15) is 0 Å². The van der Waals surface area contributed by atoms with Gasteiger partial charge in [-0.2, -0.15) is 0 Å². The second-order valence-electron chi connectivity index (χ2n) is 3.63. The summed E-state index contributed by atoms with van der Waals surface area (Å²) >= 11 is 2.67. The molecule has 0 amide bonds. The van der Waals surface area contributed by atoms with Gasteiger partial charge in [0.15, 0.2) is 0 Å². The number of thioether (sulfide) groups is 2. The van der Waals surface area contributed by atoms with E-state index in [0.717, 1.165) is 9.79 Å². The van der Waals surface area contributed by atoms with Crippen molar-refractivity contribution < 1.29 is 9.90 Å². The SMILES string of the molecule is O=C(O)C(=CSc1ccccc1)Sc1ccccc1. The Bertz CT molecular complexity index is 565. The molecule has 0 spiro atoms. The minimum atomic E-state index is -0.905. The Morgan fingerprint density at radius 3 is 1.95 bits per heavy atom. The Morgan fingerprint density at radius 2 is 1.42 bits per heavy atom. The zero-order valence-electron chi connectivity index (χ0n) is 10.0. The van der Waals surface area contributed by atoms with Crippen molar-refractivity contribution in [2.75, 3.05) is 0 Å². The van der Waals surface area contributed by atoms with E-state index in [4.69, 9.17) is 0 Å². The van der Waals surface area contributed by atoms with E-state index in [1.165, 1.54) is 23.5 Å². The number of rotatable bonds is 5. The van der Waals surface area contributed by atoms with E-state index in [2.05, 4.69) is 0 Å². The minimum Gasteiger partial charge on any atom is -0.477 e. The third kappa shape index (κ3) is 4.50. The summed E-state index contributed by atoms with van der Waals surface area (Å²) in [6.07, 6.45) is 0. The topological polar surface area (TPSA) is 37.3 Å². The molecule has 2 aromatic carbocycles. The summed E-state index contributed by atoms with van der Waals surface area (Å²) in [5, 5.41) is 10.9. The average molecular weight is 288 g/mol. The van der Waals surface area contributed by atoms with Crippen molar-refractivity contribution in [2.24, 2.45) is 0 Å². The van der Waals surface area contributed by atoms with Gasteiger partial charge < -0.3 is 5.11 Å². The highest BCUT2D eigenvalue weighted by Crippen LogP contribution is 2.30. The maximum absolute atomic E-state index is 11.2. The highest BCUT2D eigenvalue weighted by atomic mass is 32.2. The zero-order chi connectivity index (χ0) is 13.5. The Hall–Kier alpha value is -1.65. The van der Waals surface area contributed by atoms with Crippen molar-refractivity contribution in [3.8, 4) is 0 Å². The molecule has 2 rings (SSSR count). The number of carboxylic acid groups (broad SMARTS) is 1. The number of aliphatic carboxylic acids is 1. The lowest BCUT2D eigenvalue weighted by molar-refractivity contribution is -0.131. The largest absolute Gasteiger partial charge is 0.477 e. The highest BCUT2D eigenvalue weighted by Gasteiger charge is 2.09. The van der Waals surface area contributed by atoms with Gasteiger partial charge in [0.05, 0.1) is 0 Å². The molecule has 0 radical (unpaired) electrons. The summed E-state index contributed by atoms with van der Waals surface area (Å²) < 4.78 is 0. The van der Waals surface area contributed by atoms with Crippen LogP contribution in [0.4, 0.5) is 0 Å². The van der Waals surface area contributed by atoms with Crippen LogP contribution in [0.5, 0.6) is 0 Å². The molecule has 0 unspecified atom stereocenters. The average Bonchev–Trinajstić information content (AvgIpc) is 2.45. The molecule has 0 saturated carbocycles. The van der Waals surface area contributed by atoms with E-state index in [-0.39, 0.29) is 0 Å². The molecule has 0 fully saturated rings. The van der Waals surface area contributed by atoms with Gasteiger partial charge >= 0.3 is 5.97 Å². The van der Waals surface area contributed by atoms with Crippen LogP contribution in [0.25, 0.3) is 0 Å². The van der Waals surface area contributed by atoms with Crippen LogP contribution < -0.4 is 0 Å². The van der Waals surface area contributed by atoms with E-state index in [9.17, 15) is 9.90 Å². The molecule has 0 aliphatic rings. The van der Waals surface area contributed by atoms with E-state index in [0.29, 0.717) is 4.91 Å². The van der Waals surface area contributed by atoms with Crippen molar-refractivity contribution in [3.05, 3.63) is 71.0 Å². The predicted octanol–water partition coefficient (Wildman–Crippen LogP) is 4.50. The lowest BCUT2D eigenvalue weighted by Gasteiger charge is -2.02. The van der Waals surface area contributed by atoms with Gasteiger partial charge in [-0.1, -0.05) is 59.9 Å². The molecular formula is C15H12O2S2. The van der Waals surface area contributed by atoms with Crippen LogP contribution in [-0.2, 0) is 4.79 Å². The van der Waals surface area contributed by atoms with Gasteiger partial charge in [0.25, 0.3) is 0 Å². The van der Waals surface area contributed by atoms with Crippen molar-refractivity contribution in [1.29, 1.82) is 0 Å². The van der Waals surface area contributed by atoms with Crippen LogP contribution in [0.3, 0.4) is 0 Å².